The van der Waals surface area contributed by atoms with E-state index in [1.807, 2.05) is 6.92 Å². The second-order valence-electron chi connectivity index (χ2n) is 5.55. The maximum Gasteiger partial charge on any atom is 0.237 e. The van der Waals surface area contributed by atoms with Gasteiger partial charge < -0.3 is 0 Å². The van der Waals surface area contributed by atoms with E-state index >= 15 is 0 Å². The van der Waals surface area contributed by atoms with Crippen molar-refractivity contribution in [2.24, 2.45) is 17.8 Å². The van der Waals surface area contributed by atoms with Crippen LogP contribution in [-0.4, -0.2) is 11.8 Å². The van der Waals surface area contributed by atoms with E-state index in [0.29, 0.717) is 18.8 Å². The van der Waals surface area contributed by atoms with Gasteiger partial charge in [-0.05, 0) is 30.9 Å². The predicted octanol–water partition coefficient (Wildman–Crippen LogP) is 2.23. The summed E-state index contributed by atoms with van der Waals surface area (Å²) in [6.45, 7) is 2.02. The van der Waals surface area contributed by atoms with E-state index in [1.54, 1.807) is 6.07 Å². The molecule has 0 aromatic heterocycles. The molecular weight excluding hydrogens is 259 g/mol. The Kier molecular flexibility index (Phi) is 2.82. The molecule has 0 spiro atoms. The van der Waals surface area contributed by atoms with Gasteiger partial charge in [-0.2, -0.15) is 5.26 Å². The number of nitrogens with zero attached hydrogens (tertiary/aromatic N) is 2. The number of fused-ring (bicyclic) bond motifs is 1. The van der Waals surface area contributed by atoms with Crippen molar-refractivity contribution in [3.05, 3.63) is 29.6 Å². The van der Waals surface area contributed by atoms with Crippen LogP contribution in [0.15, 0.2) is 18.2 Å². The van der Waals surface area contributed by atoms with Crippen molar-refractivity contribution in [1.29, 1.82) is 5.26 Å². The second kappa shape index (κ2) is 4.41. The molecule has 1 aromatic rings. The van der Waals surface area contributed by atoms with E-state index in [1.165, 1.54) is 12.1 Å². The molecule has 2 unspecified atom stereocenters. The Morgan fingerprint density at radius 2 is 1.85 bits per heavy atom. The van der Waals surface area contributed by atoms with Gasteiger partial charge in [-0.1, -0.05) is 13.0 Å². The zero-order valence-electron chi connectivity index (χ0n) is 11.0. The lowest BCUT2D eigenvalue weighted by atomic mass is 10.00. The van der Waals surface area contributed by atoms with Gasteiger partial charge in [0.25, 0.3) is 0 Å². The van der Waals surface area contributed by atoms with E-state index in [9.17, 15) is 14.0 Å². The number of imide groups is 1. The molecule has 1 heterocycles. The Bertz CT molecular complexity index is 626. The molecule has 3 rings (SSSR count). The third-order valence-corrected chi connectivity index (χ3v) is 4.22. The minimum Gasteiger partial charge on any atom is -0.274 e. The fraction of sp³-hybridized carbons (Fsp3) is 0.400. The van der Waals surface area contributed by atoms with E-state index in [0.717, 1.165) is 11.0 Å². The number of rotatable bonds is 1. The van der Waals surface area contributed by atoms with Gasteiger partial charge in [0, 0.05) is 0 Å². The van der Waals surface area contributed by atoms with Gasteiger partial charge in [0.2, 0.25) is 11.8 Å². The molecule has 2 atom stereocenters. The molecule has 0 radical (unpaired) electrons. The van der Waals surface area contributed by atoms with Gasteiger partial charge in [-0.25, -0.2) is 9.29 Å². The number of halogens is 1. The number of anilines is 1. The summed E-state index contributed by atoms with van der Waals surface area (Å²) >= 11 is 0. The van der Waals surface area contributed by atoms with Crippen LogP contribution in [0, 0.1) is 34.9 Å². The van der Waals surface area contributed by atoms with Crippen molar-refractivity contribution in [3.63, 3.8) is 0 Å². The summed E-state index contributed by atoms with van der Waals surface area (Å²) in [6.07, 6.45) is 1.37. The molecule has 4 nitrogen and oxygen atoms in total. The van der Waals surface area contributed by atoms with E-state index < -0.39 is 5.82 Å². The quantitative estimate of drug-likeness (QED) is 0.736. The van der Waals surface area contributed by atoms with E-state index in [-0.39, 0.29) is 34.9 Å². The number of nitriles is 1. The first-order chi connectivity index (χ1) is 9.54. The Morgan fingerprint density at radius 1 is 1.25 bits per heavy atom. The van der Waals surface area contributed by atoms with Crippen molar-refractivity contribution >= 4 is 17.5 Å². The van der Waals surface area contributed by atoms with Gasteiger partial charge in [0.05, 0.1) is 17.5 Å². The van der Waals surface area contributed by atoms with Crippen molar-refractivity contribution < 1.29 is 14.0 Å². The van der Waals surface area contributed by atoms with Crippen molar-refractivity contribution in [1.82, 2.24) is 0 Å². The molecule has 0 N–H and O–H groups in total. The van der Waals surface area contributed by atoms with Gasteiger partial charge >= 0.3 is 0 Å². The van der Waals surface area contributed by atoms with Crippen LogP contribution in [0.5, 0.6) is 0 Å². The summed E-state index contributed by atoms with van der Waals surface area (Å²) in [5.74, 6) is -1.59. The third-order valence-electron chi connectivity index (χ3n) is 4.22. The minimum absolute atomic E-state index is 0.0737. The second-order valence-corrected chi connectivity index (χ2v) is 5.55. The Hall–Kier alpha value is -2.22. The number of carbonyl (C=O) groups is 2. The Balaban J connectivity index is 2.05. The highest BCUT2D eigenvalue weighted by Crippen LogP contribution is 2.44. The highest BCUT2D eigenvalue weighted by Gasteiger charge is 2.52. The number of amides is 2. The molecule has 1 saturated carbocycles. The van der Waals surface area contributed by atoms with Crippen LogP contribution in [0.2, 0.25) is 0 Å². The predicted molar refractivity (Wildman–Crippen MR) is 69.0 cm³/mol. The van der Waals surface area contributed by atoms with Crippen LogP contribution < -0.4 is 4.90 Å². The molecule has 1 saturated heterocycles. The lowest BCUT2D eigenvalue weighted by molar-refractivity contribution is -0.123. The number of hydrogen-bond acceptors (Lipinski definition) is 3. The van der Waals surface area contributed by atoms with E-state index in [2.05, 4.69) is 0 Å². The Labute approximate surface area is 115 Å². The highest BCUT2D eigenvalue weighted by atomic mass is 19.1. The van der Waals surface area contributed by atoms with Crippen LogP contribution in [0.25, 0.3) is 0 Å². The molecule has 2 amide bonds. The average molecular weight is 272 g/mol. The summed E-state index contributed by atoms with van der Waals surface area (Å²) in [4.78, 5) is 25.8. The van der Waals surface area contributed by atoms with Crippen molar-refractivity contribution in [2.45, 2.75) is 19.8 Å². The molecule has 1 aromatic carbocycles. The number of carbonyl (C=O) groups excluding carboxylic acids is 2. The van der Waals surface area contributed by atoms with Crippen LogP contribution in [0.4, 0.5) is 10.1 Å². The maximum absolute atomic E-state index is 13.6. The van der Waals surface area contributed by atoms with Gasteiger partial charge in [-0.15, -0.1) is 0 Å². The lowest BCUT2D eigenvalue weighted by Crippen LogP contribution is -2.32. The maximum atomic E-state index is 13.6. The molecule has 2 aliphatic rings. The summed E-state index contributed by atoms with van der Waals surface area (Å²) < 4.78 is 13.6. The molecule has 102 valence electrons. The van der Waals surface area contributed by atoms with Crippen LogP contribution in [0.3, 0.4) is 0 Å². The summed E-state index contributed by atoms with van der Waals surface area (Å²) in [6, 6.07) is 5.74. The smallest absolute Gasteiger partial charge is 0.237 e. The van der Waals surface area contributed by atoms with Crippen molar-refractivity contribution in [3.8, 4) is 6.07 Å². The first-order valence-electron chi connectivity index (χ1n) is 6.61. The lowest BCUT2D eigenvalue weighted by Gasteiger charge is -2.18. The van der Waals surface area contributed by atoms with Gasteiger partial charge in [-0.3, -0.25) is 9.59 Å². The summed E-state index contributed by atoms with van der Waals surface area (Å²) in [7, 11) is 0. The standard InChI is InChI=1S/C15H13FN2O2/c1-8-5-9-10(6-8)15(20)18(14(9)19)13-4-2-3-12(16)11(13)7-17/h2-4,8-10H,5-6H2,1H3. The highest BCUT2D eigenvalue weighted by molar-refractivity contribution is 6.22. The van der Waals surface area contributed by atoms with E-state index in [4.69, 9.17) is 5.26 Å². The average Bonchev–Trinajstić information content (AvgIpc) is 2.89. The molecule has 5 heteroatoms. The van der Waals surface area contributed by atoms with Gasteiger partial charge in [0.1, 0.15) is 17.4 Å². The molecular formula is C15H13FN2O2. The molecule has 2 fully saturated rings. The molecule has 1 aliphatic carbocycles. The SMILES string of the molecule is CC1CC2C(=O)N(c3cccc(F)c3C#N)C(=O)C2C1. The zero-order valence-corrected chi connectivity index (χ0v) is 11.0. The minimum atomic E-state index is -0.712. The van der Waals surface area contributed by atoms with Crippen LogP contribution >= 0.6 is 0 Å². The normalized spacial score (nSPS) is 28.6. The van der Waals surface area contributed by atoms with Crippen LogP contribution in [-0.2, 0) is 9.59 Å². The topological polar surface area (TPSA) is 61.2 Å². The van der Waals surface area contributed by atoms with Gasteiger partial charge in [0.15, 0.2) is 0 Å². The third kappa shape index (κ3) is 1.64. The largest absolute Gasteiger partial charge is 0.274 e. The van der Waals surface area contributed by atoms with Crippen molar-refractivity contribution in [2.75, 3.05) is 4.90 Å². The summed E-state index contributed by atoms with van der Waals surface area (Å²) in [5.41, 5.74) is -0.174. The number of benzene rings is 1. The van der Waals surface area contributed by atoms with Crippen LogP contribution in [0.1, 0.15) is 25.3 Å². The number of hydrogen-bond donors (Lipinski definition) is 0. The molecule has 1 aliphatic heterocycles. The zero-order chi connectivity index (χ0) is 14.4. The first-order valence-corrected chi connectivity index (χ1v) is 6.61. The first kappa shape index (κ1) is 12.8. The fourth-order valence-corrected chi connectivity index (χ4v) is 3.33. The summed E-state index contributed by atoms with van der Waals surface area (Å²) in [5, 5.41) is 9.04. The Morgan fingerprint density at radius 3 is 2.40 bits per heavy atom. The molecule has 0 bridgehead atoms. The monoisotopic (exact) mass is 272 g/mol. The fourth-order valence-electron chi connectivity index (χ4n) is 3.33. The molecule has 20 heavy (non-hydrogen) atoms.